The summed E-state index contributed by atoms with van der Waals surface area (Å²) in [6.45, 7) is 0. The van der Waals surface area contributed by atoms with Crippen molar-refractivity contribution in [2.24, 2.45) is 0 Å². The van der Waals surface area contributed by atoms with Crippen molar-refractivity contribution in [3.05, 3.63) is 61.8 Å². The number of nitro groups is 1. The average molecular weight is 357 g/mol. The Hall–Kier alpha value is -1.99. The van der Waals surface area contributed by atoms with Crippen LogP contribution in [0, 0.1) is 10.1 Å². The van der Waals surface area contributed by atoms with Gasteiger partial charge in [-0.25, -0.2) is 4.98 Å². The van der Waals surface area contributed by atoms with Gasteiger partial charge in [0.25, 0.3) is 11.6 Å². The Bertz CT molecular complexity index is 676. The summed E-state index contributed by atoms with van der Waals surface area (Å²) >= 11 is 8.90. The molecule has 0 radical (unpaired) electrons. The SMILES string of the molecule is O=C(Nc1ccc(Cl)cc1[N+](=O)[O-])c1ccc(Br)cn1. The number of pyridine rings is 1. The molecule has 20 heavy (non-hydrogen) atoms. The lowest BCUT2D eigenvalue weighted by atomic mass is 10.2. The minimum atomic E-state index is -0.615. The normalized spacial score (nSPS) is 10.1. The van der Waals surface area contributed by atoms with Crippen molar-refractivity contribution in [2.75, 3.05) is 5.32 Å². The van der Waals surface area contributed by atoms with E-state index in [2.05, 4.69) is 26.2 Å². The van der Waals surface area contributed by atoms with E-state index in [0.29, 0.717) is 0 Å². The fourth-order valence-electron chi connectivity index (χ4n) is 1.46. The van der Waals surface area contributed by atoms with Crippen LogP contribution in [-0.4, -0.2) is 15.8 Å². The Balaban J connectivity index is 2.28. The van der Waals surface area contributed by atoms with Gasteiger partial charge in [0.1, 0.15) is 11.4 Å². The summed E-state index contributed by atoms with van der Waals surface area (Å²) in [5.74, 6) is -0.539. The summed E-state index contributed by atoms with van der Waals surface area (Å²) in [5.41, 5.74) is -0.0606. The zero-order valence-corrected chi connectivity index (χ0v) is 12.2. The molecular formula is C12H7BrClN3O3. The van der Waals surface area contributed by atoms with Gasteiger partial charge in [0, 0.05) is 21.8 Å². The molecule has 102 valence electrons. The third-order valence-electron chi connectivity index (χ3n) is 2.36. The summed E-state index contributed by atoms with van der Waals surface area (Å²) in [6, 6.07) is 7.15. The van der Waals surface area contributed by atoms with Crippen molar-refractivity contribution in [2.45, 2.75) is 0 Å². The van der Waals surface area contributed by atoms with E-state index >= 15 is 0 Å². The second kappa shape index (κ2) is 5.98. The molecule has 1 N–H and O–H groups in total. The number of nitrogens with zero attached hydrogens (tertiary/aromatic N) is 2. The monoisotopic (exact) mass is 355 g/mol. The molecule has 1 aromatic heterocycles. The first-order chi connectivity index (χ1) is 9.47. The molecule has 0 aliphatic heterocycles. The second-order valence-electron chi connectivity index (χ2n) is 3.73. The molecule has 0 spiro atoms. The maximum Gasteiger partial charge on any atom is 0.294 e. The van der Waals surface area contributed by atoms with Crippen molar-refractivity contribution in [3.8, 4) is 0 Å². The highest BCUT2D eigenvalue weighted by atomic mass is 79.9. The van der Waals surface area contributed by atoms with Gasteiger partial charge < -0.3 is 5.32 Å². The number of nitrogens with one attached hydrogen (secondary N) is 1. The van der Waals surface area contributed by atoms with Crippen LogP contribution in [0.5, 0.6) is 0 Å². The van der Waals surface area contributed by atoms with Gasteiger partial charge in [0.2, 0.25) is 0 Å². The van der Waals surface area contributed by atoms with E-state index in [1.165, 1.54) is 30.5 Å². The van der Waals surface area contributed by atoms with Crippen LogP contribution in [0.4, 0.5) is 11.4 Å². The minimum Gasteiger partial charge on any atom is -0.315 e. The van der Waals surface area contributed by atoms with Crippen LogP contribution in [-0.2, 0) is 0 Å². The molecule has 1 heterocycles. The summed E-state index contributed by atoms with van der Waals surface area (Å²) < 4.78 is 0.728. The highest BCUT2D eigenvalue weighted by Gasteiger charge is 2.17. The van der Waals surface area contributed by atoms with E-state index in [1.807, 2.05) is 0 Å². The smallest absolute Gasteiger partial charge is 0.294 e. The molecule has 0 atom stereocenters. The molecule has 2 aromatic rings. The van der Waals surface area contributed by atoms with Gasteiger partial charge in [-0.05, 0) is 40.2 Å². The van der Waals surface area contributed by atoms with Gasteiger partial charge in [-0.3, -0.25) is 14.9 Å². The first-order valence-electron chi connectivity index (χ1n) is 5.34. The molecule has 2 rings (SSSR count). The Morgan fingerprint density at radius 3 is 2.70 bits per heavy atom. The minimum absolute atomic E-state index is 0.0640. The second-order valence-corrected chi connectivity index (χ2v) is 5.09. The summed E-state index contributed by atoms with van der Waals surface area (Å²) in [6.07, 6.45) is 1.46. The number of halogens is 2. The summed E-state index contributed by atoms with van der Waals surface area (Å²) in [7, 11) is 0. The van der Waals surface area contributed by atoms with Crippen LogP contribution in [0.2, 0.25) is 5.02 Å². The van der Waals surface area contributed by atoms with Crippen LogP contribution in [0.3, 0.4) is 0 Å². The molecule has 1 amide bonds. The molecule has 6 nitrogen and oxygen atoms in total. The Morgan fingerprint density at radius 2 is 2.10 bits per heavy atom. The van der Waals surface area contributed by atoms with Gasteiger partial charge in [-0.15, -0.1) is 0 Å². The molecule has 0 aliphatic rings. The number of hydrogen-bond donors (Lipinski definition) is 1. The van der Waals surface area contributed by atoms with Crippen LogP contribution in [0.25, 0.3) is 0 Å². The van der Waals surface area contributed by atoms with Crippen molar-refractivity contribution in [1.82, 2.24) is 4.98 Å². The lowest BCUT2D eigenvalue weighted by Crippen LogP contribution is -2.14. The average Bonchev–Trinajstić information content (AvgIpc) is 2.41. The highest BCUT2D eigenvalue weighted by Crippen LogP contribution is 2.28. The number of carbonyl (C=O) groups is 1. The van der Waals surface area contributed by atoms with Gasteiger partial charge in [0.15, 0.2) is 0 Å². The van der Waals surface area contributed by atoms with Crippen LogP contribution < -0.4 is 5.32 Å². The van der Waals surface area contributed by atoms with Crippen molar-refractivity contribution in [1.29, 1.82) is 0 Å². The number of anilines is 1. The zero-order chi connectivity index (χ0) is 14.7. The number of nitro benzene ring substituents is 1. The molecule has 0 saturated heterocycles. The summed E-state index contributed by atoms with van der Waals surface area (Å²) in [5, 5.41) is 13.6. The maximum absolute atomic E-state index is 11.9. The van der Waals surface area contributed by atoms with Crippen molar-refractivity contribution >= 4 is 44.8 Å². The number of hydrogen-bond acceptors (Lipinski definition) is 4. The van der Waals surface area contributed by atoms with Gasteiger partial charge in [-0.2, -0.15) is 0 Å². The van der Waals surface area contributed by atoms with E-state index < -0.39 is 10.8 Å². The molecule has 1 aromatic carbocycles. The fraction of sp³-hybridized carbons (Fsp3) is 0. The maximum atomic E-state index is 11.9. The zero-order valence-electron chi connectivity index (χ0n) is 9.84. The first kappa shape index (κ1) is 14.4. The third-order valence-corrected chi connectivity index (χ3v) is 3.07. The quantitative estimate of drug-likeness (QED) is 0.672. The molecule has 0 saturated carbocycles. The Labute approximate surface area is 127 Å². The van der Waals surface area contributed by atoms with Gasteiger partial charge >= 0.3 is 0 Å². The largest absolute Gasteiger partial charge is 0.315 e. The highest BCUT2D eigenvalue weighted by molar-refractivity contribution is 9.10. The van der Waals surface area contributed by atoms with Crippen molar-refractivity contribution < 1.29 is 9.72 Å². The van der Waals surface area contributed by atoms with E-state index in [1.54, 1.807) is 6.07 Å². The van der Waals surface area contributed by atoms with Crippen LogP contribution >= 0.6 is 27.5 Å². The Morgan fingerprint density at radius 1 is 1.35 bits per heavy atom. The molecular weight excluding hydrogens is 350 g/mol. The van der Waals surface area contributed by atoms with Crippen LogP contribution in [0.1, 0.15) is 10.5 Å². The standard InChI is InChI=1S/C12H7BrClN3O3/c13-7-1-3-10(15-6-7)12(18)16-9-4-2-8(14)5-11(9)17(19)20/h1-6H,(H,16,18). The van der Waals surface area contributed by atoms with E-state index in [4.69, 9.17) is 11.6 Å². The lowest BCUT2D eigenvalue weighted by Gasteiger charge is -2.05. The number of rotatable bonds is 3. The molecule has 0 unspecified atom stereocenters. The number of benzene rings is 1. The predicted molar refractivity (Wildman–Crippen MR) is 78.0 cm³/mol. The fourth-order valence-corrected chi connectivity index (χ4v) is 1.86. The third kappa shape index (κ3) is 3.31. The first-order valence-corrected chi connectivity index (χ1v) is 6.51. The molecule has 0 fully saturated rings. The lowest BCUT2D eigenvalue weighted by molar-refractivity contribution is -0.383. The van der Waals surface area contributed by atoms with Gasteiger partial charge in [0.05, 0.1) is 4.92 Å². The van der Waals surface area contributed by atoms with E-state index in [0.717, 1.165) is 4.47 Å². The van der Waals surface area contributed by atoms with Gasteiger partial charge in [-0.1, -0.05) is 11.6 Å². The van der Waals surface area contributed by atoms with E-state index in [9.17, 15) is 14.9 Å². The Kier molecular flexibility index (Phi) is 4.31. The predicted octanol–water partition coefficient (Wildman–Crippen LogP) is 3.66. The molecule has 0 aliphatic carbocycles. The number of aromatic nitrogens is 1. The van der Waals surface area contributed by atoms with Crippen molar-refractivity contribution in [3.63, 3.8) is 0 Å². The number of carbonyl (C=O) groups excluding carboxylic acids is 1. The summed E-state index contributed by atoms with van der Waals surface area (Å²) in [4.78, 5) is 26.1. The molecule has 0 bridgehead atoms. The molecule has 8 heteroatoms. The van der Waals surface area contributed by atoms with E-state index in [-0.39, 0.29) is 22.1 Å². The topological polar surface area (TPSA) is 85.1 Å². The number of amides is 1. The van der Waals surface area contributed by atoms with Crippen LogP contribution in [0.15, 0.2) is 41.0 Å².